The Labute approximate surface area is 89.5 Å². The zero-order chi connectivity index (χ0) is 11.1. The lowest BCUT2D eigenvalue weighted by Crippen LogP contribution is -1.98. The van der Waals surface area contributed by atoms with Gasteiger partial charge in [-0.15, -0.1) is 0 Å². The normalized spacial score (nSPS) is 14.5. The minimum Gasteiger partial charge on any atom is -0.404 e. The maximum Gasteiger partial charge on any atom is 0.527 e. The highest BCUT2D eigenvalue weighted by Crippen LogP contribution is 2.43. The molecule has 0 spiro atoms. The van der Waals surface area contributed by atoms with Crippen molar-refractivity contribution in [1.29, 1.82) is 0 Å². The van der Waals surface area contributed by atoms with Gasteiger partial charge in [-0.25, -0.2) is 4.57 Å². The van der Waals surface area contributed by atoms with Crippen molar-refractivity contribution in [3.05, 3.63) is 30.3 Å². The third-order valence-electron chi connectivity index (χ3n) is 1.72. The second-order valence-corrected chi connectivity index (χ2v) is 4.44. The van der Waals surface area contributed by atoms with Crippen molar-refractivity contribution in [2.45, 2.75) is 19.8 Å². The fourth-order valence-electron chi connectivity index (χ4n) is 0.965. The van der Waals surface area contributed by atoms with Gasteiger partial charge in [0.05, 0.1) is 6.61 Å². The summed E-state index contributed by atoms with van der Waals surface area (Å²) in [5.41, 5.74) is 0. The molecule has 0 aliphatic carbocycles. The SMILES string of the molecule is CCCCOP(=O)(O)Oc1ccccc1. The second-order valence-electron chi connectivity index (χ2n) is 3.06. The van der Waals surface area contributed by atoms with Gasteiger partial charge in [-0.05, 0) is 18.6 Å². The third kappa shape index (κ3) is 4.98. The summed E-state index contributed by atoms with van der Waals surface area (Å²) in [7, 11) is -3.94. The first-order valence-electron chi connectivity index (χ1n) is 4.86. The monoisotopic (exact) mass is 230 g/mol. The molecule has 0 bridgehead atoms. The molecule has 15 heavy (non-hydrogen) atoms. The maximum atomic E-state index is 11.4. The molecule has 1 atom stereocenters. The molecule has 0 saturated carbocycles. The minimum atomic E-state index is -3.94. The van der Waals surface area contributed by atoms with E-state index in [0.717, 1.165) is 12.8 Å². The molecule has 1 rings (SSSR count). The van der Waals surface area contributed by atoms with Gasteiger partial charge in [0.1, 0.15) is 5.75 Å². The first-order chi connectivity index (χ1) is 7.14. The summed E-state index contributed by atoms with van der Waals surface area (Å²) in [6.07, 6.45) is 1.65. The van der Waals surface area contributed by atoms with Crippen molar-refractivity contribution in [2.24, 2.45) is 0 Å². The van der Waals surface area contributed by atoms with Crippen LogP contribution in [-0.4, -0.2) is 11.5 Å². The predicted octanol–water partition coefficient (Wildman–Crippen LogP) is 2.98. The Morgan fingerprint density at radius 3 is 2.60 bits per heavy atom. The van der Waals surface area contributed by atoms with E-state index in [1.54, 1.807) is 30.3 Å². The van der Waals surface area contributed by atoms with Crippen LogP contribution in [0.3, 0.4) is 0 Å². The number of phosphoric acid groups is 1. The Morgan fingerprint density at radius 1 is 1.33 bits per heavy atom. The second kappa shape index (κ2) is 5.91. The lowest BCUT2D eigenvalue weighted by Gasteiger charge is -2.12. The highest BCUT2D eigenvalue weighted by atomic mass is 31.2. The number of rotatable bonds is 6. The van der Waals surface area contributed by atoms with E-state index in [2.05, 4.69) is 0 Å². The molecule has 84 valence electrons. The number of benzene rings is 1. The largest absolute Gasteiger partial charge is 0.527 e. The number of unbranched alkanes of at least 4 members (excludes halogenated alkanes) is 1. The van der Waals surface area contributed by atoms with Crippen LogP contribution in [0, 0.1) is 0 Å². The average molecular weight is 230 g/mol. The van der Waals surface area contributed by atoms with Gasteiger partial charge < -0.3 is 4.52 Å². The third-order valence-corrected chi connectivity index (χ3v) is 2.67. The molecule has 0 heterocycles. The molecule has 0 fully saturated rings. The molecule has 1 aromatic rings. The van der Waals surface area contributed by atoms with Crippen molar-refractivity contribution in [3.63, 3.8) is 0 Å². The fraction of sp³-hybridized carbons (Fsp3) is 0.400. The van der Waals surface area contributed by atoms with Crippen LogP contribution in [0.4, 0.5) is 0 Å². The number of para-hydroxylation sites is 1. The van der Waals surface area contributed by atoms with Crippen molar-refractivity contribution in [2.75, 3.05) is 6.61 Å². The number of phosphoric ester groups is 1. The highest BCUT2D eigenvalue weighted by molar-refractivity contribution is 7.47. The zero-order valence-electron chi connectivity index (χ0n) is 8.63. The molecule has 0 saturated heterocycles. The summed E-state index contributed by atoms with van der Waals surface area (Å²) in [4.78, 5) is 9.31. The Hall–Kier alpha value is -0.830. The van der Waals surface area contributed by atoms with Crippen LogP contribution >= 0.6 is 7.82 Å². The van der Waals surface area contributed by atoms with Gasteiger partial charge in [0.15, 0.2) is 0 Å². The number of hydrogen-bond donors (Lipinski definition) is 1. The van der Waals surface area contributed by atoms with E-state index < -0.39 is 7.82 Å². The zero-order valence-corrected chi connectivity index (χ0v) is 9.52. The van der Waals surface area contributed by atoms with E-state index >= 15 is 0 Å². The molecule has 5 heteroatoms. The molecule has 1 unspecified atom stereocenters. The van der Waals surface area contributed by atoms with Gasteiger partial charge in [-0.3, -0.25) is 9.42 Å². The number of hydrogen-bond acceptors (Lipinski definition) is 3. The van der Waals surface area contributed by atoms with E-state index in [4.69, 9.17) is 9.05 Å². The lowest BCUT2D eigenvalue weighted by atomic mass is 10.3. The molecule has 4 nitrogen and oxygen atoms in total. The molecule has 0 aromatic heterocycles. The van der Waals surface area contributed by atoms with Crippen LogP contribution < -0.4 is 4.52 Å². The van der Waals surface area contributed by atoms with Gasteiger partial charge in [-0.2, -0.15) is 0 Å². The topological polar surface area (TPSA) is 55.8 Å². The molecule has 0 radical (unpaired) electrons. The van der Waals surface area contributed by atoms with Crippen molar-refractivity contribution < 1.29 is 18.5 Å². The Kier molecular flexibility index (Phi) is 4.82. The summed E-state index contributed by atoms with van der Waals surface area (Å²) in [6.45, 7) is 2.21. The molecule has 0 amide bonds. The van der Waals surface area contributed by atoms with Gasteiger partial charge in [0, 0.05) is 0 Å². The van der Waals surface area contributed by atoms with Crippen LogP contribution in [0.1, 0.15) is 19.8 Å². The standard InChI is InChI=1S/C10H15O4P/c1-2-3-9-13-15(11,12)14-10-7-5-4-6-8-10/h4-8H,2-3,9H2,1H3,(H,11,12). The van der Waals surface area contributed by atoms with Crippen molar-refractivity contribution in [1.82, 2.24) is 0 Å². The van der Waals surface area contributed by atoms with Crippen molar-refractivity contribution in [3.8, 4) is 5.75 Å². The molecule has 0 aliphatic rings. The van der Waals surface area contributed by atoms with E-state index in [9.17, 15) is 9.46 Å². The molecule has 1 aromatic carbocycles. The van der Waals surface area contributed by atoms with Gasteiger partial charge in [0.2, 0.25) is 0 Å². The van der Waals surface area contributed by atoms with Gasteiger partial charge in [0.25, 0.3) is 0 Å². The Morgan fingerprint density at radius 2 is 2.00 bits per heavy atom. The predicted molar refractivity (Wildman–Crippen MR) is 57.8 cm³/mol. The Balaban J connectivity index is 2.46. The van der Waals surface area contributed by atoms with Crippen LogP contribution in [0.5, 0.6) is 5.75 Å². The summed E-state index contributed by atoms with van der Waals surface area (Å²) < 4.78 is 21.0. The first kappa shape index (κ1) is 12.2. The summed E-state index contributed by atoms with van der Waals surface area (Å²) >= 11 is 0. The van der Waals surface area contributed by atoms with Crippen LogP contribution in [0.25, 0.3) is 0 Å². The van der Waals surface area contributed by atoms with Crippen molar-refractivity contribution >= 4 is 7.82 Å². The van der Waals surface area contributed by atoms with Crippen LogP contribution in [0.2, 0.25) is 0 Å². The summed E-state index contributed by atoms with van der Waals surface area (Å²) in [5, 5.41) is 0. The first-order valence-corrected chi connectivity index (χ1v) is 6.35. The Bertz CT molecular complexity index is 325. The molecule has 0 aliphatic heterocycles. The lowest BCUT2D eigenvalue weighted by molar-refractivity contribution is 0.201. The smallest absolute Gasteiger partial charge is 0.404 e. The minimum absolute atomic E-state index is 0.233. The van der Waals surface area contributed by atoms with Crippen LogP contribution in [-0.2, 0) is 9.09 Å². The molecule has 1 N–H and O–H groups in total. The molecular formula is C10H15O4P. The fourth-order valence-corrected chi connectivity index (χ4v) is 1.77. The molecular weight excluding hydrogens is 215 g/mol. The quantitative estimate of drug-likeness (QED) is 0.603. The van der Waals surface area contributed by atoms with E-state index in [0.29, 0.717) is 5.75 Å². The van der Waals surface area contributed by atoms with Crippen LogP contribution in [0.15, 0.2) is 30.3 Å². The summed E-state index contributed by atoms with van der Waals surface area (Å²) in [5.74, 6) is 0.333. The van der Waals surface area contributed by atoms with E-state index in [1.807, 2.05) is 6.92 Å². The maximum absolute atomic E-state index is 11.4. The van der Waals surface area contributed by atoms with E-state index in [1.165, 1.54) is 0 Å². The van der Waals surface area contributed by atoms with Gasteiger partial charge >= 0.3 is 7.82 Å². The van der Waals surface area contributed by atoms with E-state index in [-0.39, 0.29) is 6.61 Å². The summed E-state index contributed by atoms with van der Waals surface area (Å²) in [6, 6.07) is 8.45. The van der Waals surface area contributed by atoms with Gasteiger partial charge in [-0.1, -0.05) is 31.5 Å². The average Bonchev–Trinajstić information content (AvgIpc) is 2.18. The highest BCUT2D eigenvalue weighted by Gasteiger charge is 2.21.